The Balaban J connectivity index is 0.000000187. The number of pyridine rings is 1. The summed E-state index contributed by atoms with van der Waals surface area (Å²) in [5.41, 5.74) is 1.10. The highest BCUT2D eigenvalue weighted by Gasteiger charge is 1.97. The predicted molar refractivity (Wildman–Crippen MR) is 107 cm³/mol. The number of fused-ring (bicyclic) bond motifs is 2. The first-order valence-electron chi connectivity index (χ1n) is 9.91. The lowest BCUT2D eigenvalue weighted by Gasteiger charge is -2.01. The average Bonchev–Trinajstić information content (AvgIpc) is 2.63. The van der Waals surface area contributed by atoms with Crippen LogP contribution in [0.2, 0.25) is 0 Å². The third-order valence-electron chi connectivity index (χ3n) is 4.61. The van der Waals surface area contributed by atoms with Crippen LogP contribution in [0.5, 0.6) is 0 Å². The smallest absolute Gasteiger partial charge is 0.0709 e. The molecule has 130 valence electrons. The average molecular weight is 324 g/mol. The molecule has 1 heteroatoms. The molecule has 3 rings (SSSR count). The minimum Gasteiger partial charge on any atom is -0.248 e. The summed E-state index contributed by atoms with van der Waals surface area (Å²) < 4.78 is 0. The number of hydrogen-bond acceptors (Lipinski definition) is 1. The van der Waals surface area contributed by atoms with E-state index in [0.717, 1.165) is 23.7 Å². The molecule has 0 spiro atoms. The molecule has 0 bridgehead atoms. The molecule has 1 heterocycles. The number of para-hydroxylation sites is 1. The fourth-order valence-electron chi connectivity index (χ4n) is 3.14. The van der Waals surface area contributed by atoms with Crippen LogP contribution in [-0.4, -0.2) is 4.98 Å². The van der Waals surface area contributed by atoms with Gasteiger partial charge < -0.3 is 0 Å². The molecule has 1 aromatic carbocycles. The molecule has 1 aliphatic rings. The topological polar surface area (TPSA) is 12.9 Å². The second-order valence-corrected chi connectivity index (χ2v) is 6.76. The maximum Gasteiger partial charge on any atom is 0.0709 e. The molecule has 24 heavy (non-hydrogen) atoms. The summed E-state index contributed by atoms with van der Waals surface area (Å²) >= 11 is 0. The van der Waals surface area contributed by atoms with Gasteiger partial charge in [0.25, 0.3) is 0 Å². The second-order valence-electron chi connectivity index (χ2n) is 6.76. The van der Waals surface area contributed by atoms with Gasteiger partial charge >= 0.3 is 0 Å². The van der Waals surface area contributed by atoms with Gasteiger partial charge in [0.05, 0.1) is 10.9 Å². The van der Waals surface area contributed by atoms with E-state index in [1.165, 1.54) is 62.0 Å². The Kier molecular flexibility index (Phi) is 8.59. The van der Waals surface area contributed by atoms with E-state index in [-0.39, 0.29) is 0 Å². The summed E-state index contributed by atoms with van der Waals surface area (Å²) in [6, 6.07) is 10.5. The fourth-order valence-corrected chi connectivity index (χ4v) is 3.14. The van der Waals surface area contributed by atoms with Crippen molar-refractivity contribution >= 4 is 23.1 Å². The molecule has 0 amide bonds. The number of benzene rings is 1. The second kappa shape index (κ2) is 11.0. The fraction of sp³-hybridized carbons (Fsp3) is 0.522. The standard InChI is InChI=1S/C13H11N.C10H22/c1-3-7-12-10(5-1)9-11-6-2-4-8-13(11)14-12;1-3-5-7-9-10-8-6-4-2/h1,3,5-9H,2,4H2;3-10H2,1-2H3. The Hall–Kier alpha value is -1.63. The monoisotopic (exact) mass is 323 g/mol. The van der Waals surface area contributed by atoms with Crippen molar-refractivity contribution in [1.29, 1.82) is 0 Å². The molecule has 0 N–H and O–H groups in total. The Morgan fingerprint density at radius 2 is 1.42 bits per heavy atom. The molecule has 0 fully saturated rings. The third kappa shape index (κ3) is 6.11. The maximum atomic E-state index is 4.63. The number of hydrogen-bond donors (Lipinski definition) is 0. The Labute approximate surface area is 147 Å². The zero-order valence-electron chi connectivity index (χ0n) is 15.6. The molecule has 0 atom stereocenters. The van der Waals surface area contributed by atoms with Crippen molar-refractivity contribution in [2.45, 2.75) is 78.1 Å². The molecule has 1 nitrogen and oxygen atoms in total. The van der Waals surface area contributed by atoms with Gasteiger partial charge in [-0.1, -0.05) is 95.6 Å². The van der Waals surface area contributed by atoms with E-state index in [0.29, 0.717) is 0 Å². The van der Waals surface area contributed by atoms with Gasteiger partial charge in [-0.05, 0) is 30.2 Å². The predicted octanol–water partition coefficient (Wildman–Crippen LogP) is 5.74. The van der Waals surface area contributed by atoms with E-state index < -0.39 is 0 Å². The van der Waals surface area contributed by atoms with Crippen LogP contribution >= 0.6 is 0 Å². The van der Waals surface area contributed by atoms with Crippen LogP contribution in [0.4, 0.5) is 0 Å². The van der Waals surface area contributed by atoms with Gasteiger partial charge in [-0.2, -0.15) is 0 Å². The van der Waals surface area contributed by atoms with Crippen molar-refractivity contribution in [3.8, 4) is 0 Å². The molecule has 1 aromatic heterocycles. The normalized spacial score (nSPS) is 12.6. The molecule has 0 aliphatic heterocycles. The van der Waals surface area contributed by atoms with E-state index in [4.69, 9.17) is 0 Å². The minimum absolute atomic E-state index is 1.10. The van der Waals surface area contributed by atoms with Crippen molar-refractivity contribution in [3.05, 3.63) is 40.9 Å². The largest absolute Gasteiger partial charge is 0.248 e. The summed E-state index contributed by atoms with van der Waals surface area (Å²) in [5.74, 6) is 0. The quantitative estimate of drug-likeness (QED) is 0.592. The molecule has 0 radical (unpaired) electrons. The van der Waals surface area contributed by atoms with E-state index in [1.807, 2.05) is 6.07 Å². The molecule has 1 aliphatic carbocycles. The van der Waals surface area contributed by atoms with Gasteiger partial charge in [0.2, 0.25) is 0 Å². The molecule has 0 saturated carbocycles. The van der Waals surface area contributed by atoms with Gasteiger partial charge in [-0.3, -0.25) is 0 Å². The van der Waals surface area contributed by atoms with Crippen molar-refractivity contribution in [3.63, 3.8) is 0 Å². The number of aromatic nitrogens is 1. The molecular formula is C23H33N. The van der Waals surface area contributed by atoms with E-state index in [9.17, 15) is 0 Å². The van der Waals surface area contributed by atoms with Crippen LogP contribution in [-0.2, 0) is 0 Å². The van der Waals surface area contributed by atoms with Gasteiger partial charge in [0, 0.05) is 5.39 Å². The summed E-state index contributed by atoms with van der Waals surface area (Å²) in [6.45, 7) is 4.54. The number of nitrogens with zero attached hydrogens (tertiary/aromatic N) is 1. The number of unbranched alkanes of at least 4 members (excludes halogenated alkanes) is 7. The van der Waals surface area contributed by atoms with Crippen LogP contribution < -0.4 is 10.6 Å². The highest BCUT2D eigenvalue weighted by Crippen LogP contribution is 2.08. The van der Waals surface area contributed by atoms with Gasteiger partial charge in [-0.25, -0.2) is 4.98 Å². The zero-order valence-corrected chi connectivity index (χ0v) is 15.6. The SMILES string of the molecule is C1=c2cc3ccccc3nc2=CCC1.CCCCCCCCCC. The van der Waals surface area contributed by atoms with Gasteiger partial charge in [-0.15, -0.1) is 0 Å². The summed E-state index contributed by atoms with van der Waals surface area (Å²) in [5, 5.41) is 3.67. The summed E-state index contributed by atoms with van der Waals surface area (Å²) in [6.07, 6.45) is 18.2. The Morgan fingerprint density at radius 3 is 2.12 bits per heavy atom. The first-order chi connectivity index (χ1) is 11.8. The minimum atomic E-state index is 1.10. The van der Waals surface area contributed by atoms with E-state index in [1.54, 1.807) is 0 Å². The Morgan fingerprint density at radius 1 is 0.792 bits per heavy atom. The molecule has 0 unspecified atom stereocenters. The number of rotatable bonds is 7. The zero-order chi connectivity index (χ0) is 17.0. The van der Waals surface area contributed by atoms with Crippen molar-refractivity contribution in [2.75, 3.05) is 0 Å². The highest BCUT2D eigenvalue weighted by molar-refractivity contribution is 5.78. The highest BCUT2D eigenvalue weighted by atomic mass is 14.7. The van der Waals surface area contributed by atoms with Gasteiger partial charge in [0.15, 0.2) is 0 Å². The van der Waals surface area contributed by atoms with E-state index >= 15 is 0 Å². The Bertz CT molecular complexity index is 652. The van der Waals surface area contributed by atoms with Crippen LogP contribution in [0.1, 0.15) is 78.1 Å². The summed E-state index contributed by atoms with van der Waals surface area (Å²) in [4.78, 5) is 4.63. The van der Waals surface area contributed by atoms with Crippen molar-refractivity contribution in [1.82, 2.24) is 4.98 Å². The maximum absolute atomic E-state index is 4.63. The molecule has 2 aromatic rings. The first kappa shape index (κ1) is 18.7. The van der Waals surface area contributed by atoms with Crippen LogP contribution in [0.25, 0.3) is 23.1 Å². The van der Waals surface area contributed by atoms with Crippen LogP contribution in [0, 0.1) is 0 Å². The van der Waals surface area contributed by atoms with Crippen molar-refractivity contribution < 1.29 is 0 Å². The van der Waals surface area contributed by atoms with Crippen LogP contribution in [0.3, 0.4) is 0 Å². The molecule has 0 saturated heterocycles. The van der Waals surface area contributed by atoms with Crippen molar-refractivity contribution in [2.24, 2.45) is 0 Å². The lowest BCUT2D eigenvalue weighted by molar-refractivity contribution is 0.585. The van der Waals surface area contributed by atoms with Crippen LogP contribution in [0.15, 0.2) is 30.3 Å². The molecular weight excluding hydrogens is 290 g/mol. The first-order valence-corrected chi connectivity index (χ1v) is 9.91. The van der Waals surface area contributed by atoms with Gasteiger partial charge in [0.1, 0.15) is 0 Å². The van der Waals surface area contributed by atoms with E-state index in [2.05, 4.69) is 55.2 Å². The lowest BCUT2D eigenvalue weighted by Crippen LogP contribution is -2.29. The summed E-state index contributed by atoms with van der Waals surface area (Å²) in [7, 11) is 0. The third-order valence-corrected chi connectivity index (χ3v) is 4.61. The lowest BCUT2D eigenvalue weighted by atomic mass is 10.1.